The maximum absolute atomic E-state index is 5.56. The van der Waals surface area contributed by atoms with Gasteiger partial charge >= 0.3 is 0 Å². The second kappa shape index (κ2) is 6.38. The molecule has 0 amide bonds. The standard InChI is InChI=1S/C13H20N2/c1-3-9-15(10-8-14)11-13-6-4-12(2)5-7-13/h3-7H,1,8-11,14H2,2H3. The number of nitrogens with two attached hydrogens (primary N) is 1. The summed E-state index contributed by atoms with van der Waals surface area (Å²) >= 11 is 0. The maximum atomic E-state index is 5.56. The zero-order valence-corrected chi connectivity index (χ0v) is 9.45. The first kappa shape index (κ1) is 12.0. The minimum absolute atomic E-state index is 0.694. The van der Waals surface area contributed by atoms with E-state index in [-0.39, 0.29) is 0 Å². The van der Waals surface area contributed by atoms with Crippen LogP contribution in [0, 0.1) is 6.92 Å². The van der Waals surface area contributed by atoms with Crippen molar-refractivity contribution in [1.82, 2.24) is 4.90 Å². The van der Waals surface area contributed by atoms with E-state index in [1.807, 2.05) is 6.08 Å². The molecule has 82 valence electrons. The Morgan fingerprint density at radius 1 is 1.33 bits per heavy atom. The Bertz CT molecular complexity index is 290. The molecule has 1 rings (SSSR count). The molecule has 0 bridgehead atoms. The van der Waals surface area contributed by atoms with E-state index in [1.165, 1.54) is 11.1 Å². The first-order valence-electron chi connectivity index (χ1n) is 5.35. The highest BCUT2D eigenvalue weighted by molar-refractivity contribution is 5.21. The topological polar surface area (TPSA) is 29.3 Å². The van der Waals surface area contributed by atoms with Gasteiger partial charge in [-0.25, -0.2) is 0 Å². The summed E-state index contributed by atoms with van der Waals surface area (Å²) in [6.07, 6.45) is 1.92. The second-order valence-corrected chi connectivity index (χ2v) is 3.80. The Morgan fingerprint density at radius 2 is 2.00 bits per heavy atom. The molecule has 0 aliphatic rings. The van der Waals surface area contributed by atoms with Gasteiger partial charge in [0.25, 0.3) is 0 Å². The zero-order valence-electron chi connectivity index (χ0n) is 9.45. The largest absolute Gasteiger partial charge is 0.329 e. The highest BCUT2D eigenvalue weighted by atomic mass is 15.1. The third-order valence-corrected chi connectivity index (χ3v) is 2.36. The molecule has 1 aromatic rings. The van der Waals surface area contributed by atoms with E-state index in [0.29, 0.717) is 6.54 Å². The summed E-state index contributed by atoms with van der Waals surface area (Å²) in [5.74, 6) is 0. The van der Waals surface area contributed by atoms with Gasteiger partial charge in [-0.3, -0.25) is 4.90 Å². The molecule has 0 unspecified atom stereocenters. The lowest BCUT2D eigenvalue weighted by Gasteiger charge is -2.19. The molecule has 0 fully saturated rings. The fourth-order valence-corrected chi connectivity index (χ4v) is 1.55. The predicted molar refractivity (Wildman–Crippen MR) is 65.7 cm³/mol. The lowest BCUT2D eigenvalue weighted by molar-refractivity contribution is 0.303. The highest BCUT2D eigenvalue weighted by Gasteiger charge is 2.02. The van der Waals surface area contributed by atoms with Crippen LogP contribution in [-0.2, 0) is 6.54 Å². The quantitative estimate of drug-likeness (QED) is 0.718. The highest BCUT2D eigenvalue weighted by Crippen LogP contribution is 2.06. The number of aryl methyl sites for hydroxylation is 1. The molecule has 15 heavy (non-hydrogen) atoms. The van der Waals surface area contributed by atoms with E-state index in [0.717, 1.165) is 19.6 Å². The van der Waals surface area contributed by atoms with E-state index in [9.17, 15) is 0 Å². The first-order valence-corrected chi connectivity index (χ1v) is 5.35. The molecule has 0 aliphatic heterocycles. The van der Waals surface area contributed by atoms with Crippen LogP contribution < -0.4 is 5.73 Å². The number of rotatable bonds is 6. The van der Waals surface area contributed by atoms with Gasteiger partial charge in [0.2, 0.25) is 0 Å². The third kappa shape index (κ3) is 4.28. The Labute approximate surface area is 92.4 Å². The van der Waals surface area contributed by atoms with Gasteiger partial charge in [-0.1, -0.05) is 35.9 Å². The maximum Gasteiger partial charge on any atom is 0.0237 e. The minimum Gasteiger partial charge on any atom is -0.329 e. The number of nitrogens with zero attached hydrogens (tertiary/aromatic N) is 1. The average molecular weight is 204 g/mol. The van der Waals surface area contributed by atoms with Crippen molar-refractivity contribution >= 4 is 0 Å². The van der Waals surface area contributed by atoms with Crippen LogP contribution in [0.3, 0.4) is 0 Å². The molecule has 0 atom stereocenters. The number of hydrogen-bond donors (Lipinski definition) is 1. The molecule has 0 spiro atoms. The van der Waals surface area contributed by atoms with Crippen molar-refractivity contribution in [3.05, 3.63) is 48.0 Å². The van der Waals surface area contributed by atoms with Crippen molar-refractivity contribution in [2.45, 2.75) is 13.5 Å². The molecule has 0 saturated heterocycles. The Kier molecular flexibility index (Phi) is 5.08. The summed E-state index contributed by atoms with van der Waals surface area (Å²) in [6.45, 7) is 9.31. The average Bonchev–Trinajstić information content (AvgIpc) is 2.22. The van der Waals surface area contributed by atoms with Crippen LogP contribution in [0.5, 0.6) is 0 Å². The first-order chi connectivity index (χ1) is 7.26. The van der Waals surface area contributed by atoms with Gasteiger partial charge in [-0.15, -0.1) is 6.58 Å². The third-order valence-electron chi connectivity index (χ3n) is 2.36. The van der Waals surface area contributed by atoms with Crippen molar-refractivity contribution in [2.75, 3.05) is 19.6 Å². The smallest absolute Gasteiger partial charge is 0.0237 e. The van der Waals surface area contributed by atoms with Crippen molar-refractivity contribution in [3.8, 4) is 0 Å². The normalized spacial score (nSPS) is 10.6. The number of hydrogen-bond acceptors (Lipinski definition) is 2. The Balaban J connectivity index is 2.56. The van der Waals surface area contributed by atoms with E-state index in [1.54, 1.807) is 0 Å². The Hall–Kier alpha value is -1.12. The van der Waals surface area contributed by atoms with E-state index in [2.05, 4.69) is 42.7 Å². The second-order valence-electron chi connectivity index (χ2n) is 3.80. The van der Waals surface area contributed by atoms with Gasteiger partial charge < -0.3 is 5.73 Å². The fourth-order valence-electron chi connectivity index (χ4n) is 1.55. The lowest BCUT2D eigenvalue weighted by atomic mass is 10.1. The molecule has 0 aromatic heterocycles. The molecule has 0 radical (unpaired) electrons. The summed E-state index contributed by atoms with van der Waals surface area (Å²) in [4.78, 5) is 2.29. The fraction of sp³-hybridized carbons (Fsp3) is 0.385. The van der Waals surface area contributed by atoms with Crippen LogP contribution in [0.1, 0.15) is 11.1 Å². The van der Waals surface area contributed by atoms with E-state index >= 15 is 0 Å². The summed E-state index contributed by atoms with van der Waals surface area (Å²) in [5.41, 5.74) is 8.19. The molecular weight excluding hydrogens is 184 g/mol. The Morgan fingerprint density at radius 3 is 2.53 bits per heavy atom. The summed E-state index contributed by atoms with van der Waals surface area (Å²) < 4.78 is 0. The van der Waals surface area contributed by atoms with Crippen molar-refractivity contribution in [1.29, 1.82) is 0 Å². The zero-order chi connectivity index (χ0) is 11.1. The van der Waals surface area contributed by atoms with Crippen LogP contribution in [-0.4, -0.2) is 24.5 Å². The van der Waals surface area contributed by atoms with Gasteiger partial charge in [-0.2, -0.15) is 0 Å². The minimum atomic E-state index is 0.694. The van der Waals surface area contributed by atoms with Crippen LogP contribution in [0.2, 0.25) is 0 Å². The van der Waals surface area contributed by atoms with Crippen LogP contribution in [0.25, 0.3) is 0 Å². The van der Waals surface area contributed by atoms with Crippen molar-refractivity contribution in [2.24, 2.45) is 5.73 Å². The van der Waals surface area contributed by atoms with Crippen molar-refractivity contribution in [3.63, 3.8) is 0 Å². The van der Waals surface area contributed by atoms with Gasteiger partial charge in [0.1, 0.15) is 0 Å². The summed E-state index contributed by atoms with van der Waals surface area (Å²) in [6, 6.07) is 8.62. The molecule has 2 heteroatoms. The lowest BCUT2D eigenvalue weighted by Crippen LogP contribution is -2.29. The van der Waals surface area contributed by atoms with Crippen molar-refractivity contribution < 1.29 is 0 Å². The van der Waals surface area contributed by atoms with Crippen LogP contribution in [0.15, 0.2) is 36.9 Å². The molecule has 2 nitrogen and oxygen atoms in total. The molecule has 0 heterocycles. The molecule has 0 saturated carbocycles. The molecular formula is C13H20N2. The molecule has 1 aromatic carbocycles. The molecule has 2 N–H and O–H groups in total. The number of benzene rings is 1. The predicted octanol–water partition coefficient (Wildman–Crippen LogP) is 1.94. The van der Waals surface area contributed by atoms with Gasteiger partial charge in [0, 0.05) is 26.2 Å². The monoisotopic (exact) mass is 204 g/mol. The van der Waals surface area contributed by atoms with Crippen LogP contribution >= 0.6 is 0 Å². The van der Waals surface area contributed by atoms with Gasteiger partial charge in [-0.05, 0) is 12.5 Å². The van der Waals surface area contributed by atoms with Gasteiger partial charge in [0.15, 0.2) is 0 Å². The SMILES string of the molecule is C=CCN(CCN)Cc1ccc(C)cc1. The van der Waals surface area contributed by atoms with Gasteiger partial charge in [0.05, 0.1) is 0 Å². The summed E-state index contributed by atoms with van der Waals surface area (Å²) in [5, 5.41) is 0. The summed E-state index contributed by atoms with van der Waals surface area (Å²) in [7, 11) is 0. The van der Waals surface area contributed by atoms with E-state index < -0.39 is 0 Å². The van der Waals surface area contributed by atoms with Crippen LogP contribution in [0.4, 0.5) is 0 Å². The van der Waals surface area contributed by atoms with E-state index in [4.69, 9.17) is 5.73 Å². The molecule has 0 aliphatic carbocycles.